The van der Waals surface area contributed by atoms with E-state index >= 15 is 4.39 Å². The van der Waals surface area contributed by atoms with Gasteiger partial charge in [-0.1, -0.05) is 25.1 Å². The fraction of sp³-hybridized carbons (Fsp3) is 0.393. The monoisotopic (exact) mass is 509 g/mol. The van der Waals surface area contributed by atoms with Gasteiger partial charge in [-0.3, -0.25) is 19.3 Å². The summed E-state index contributed by atoms with van der Waals surface area (Å²) in [4.78, 5) is 41.4. The number of thioether (sulfide) groups is 1. The molecule has 2 aromatic carbocycles. The number of aryl methyl sites for hydroxylation is 2. The first-order valence-corrected chi connectivity index (χ1v) is 13.0. The van der Waals surface area contributed by atoms with Crippen LogP contribution in [0.4, 0.5) is 20.6 Å². The van der Waals surface area contributed by atoms with Crippen molar-refractivity contribution in [2.24, 2.45) is 0 Å². The summed E-state index contributed by atoms with van der Waals surface area (Å²) < 4.78 is 15.2. The summed E-state index contributed by atoms with van der Waals surface area (Å²) in [6.07, 6.45) is 2.34. The largest absolute Gasteiger partial charge is 0.366 e. The van der Waals surface area contributed by atoms with Crippen LogP contribution in [0.3, 0.4) is 0 Å². The molecule has 0 bridgehead atoms. The molecule has 0 aliphatic carbocycles. The van der Waals surface area contributed by atoms with Crippen LogP contribution in [-0.4, -0.2) is 40.6 Å². The van der Waals surface area contributed by atoms with Crippen LogP contribution in [-0.2, 0) is 9.59 Å². The first kappa shape index (κ1) is 25.9. The minimum Gasteiger partial charge on any atom is -0.366 e. The first-order chi connectivity index (χ1) is 16.9. The third kappa shape index (κ3) is 4.78. The SMILES string of the molecule is CCN1c2cc(F)c(/C=C3/SC(=O)N(CC(=O)Nc4c(C)cccc4C)C3=O)cc2C(C)CC1(C)C. The van der Waals surface area contributed by atoms with E-state index < -0.39 is 29.4 Å². The highest BCUT2D eigenvalue weighted by Crippen LogP contribution is 2.44. The Labute approximate surface area is 215 Å². The van der Waals surface area contributed by atoms with Gasteiger partial charge in [0.15, 0.2) is 0 Å². The molecule has 0 aromatic heterocycles. The molecule has 2 aliphatic rings. The van der Waals surface area contributed by atoms with Gasteiger partial charge in [0.25, 0.3) is 11.1 Å². The minimum atomic E-state index is -0.594. The highest BCUT2D eigenvalue weighted by Gasteiger charge is 2.38. The number of halogens is 1. The Morgan fingerprint density at radius 2 is 1.89 bits per heavy atom. The lowest BCUT2D eigenvalue weighted by molar-refractivity contribution is -0.127. The Morgan fingerprint density at radius 3 is 2.53 bits per heavy atom. The van der Waals surface area contributed by atoms with Gasteiger partial charge >= 0.3 is 0 Å². The number of anilines is 2. The quantitative estimate of drug-likeness (QED) is 0.484. The minimum absolute atomic E-state index is 0.0881. The lowest BCUT2D eigenvalue weighted by atomic mass is 9.79. The van der Waals surface area contributed by atoms with Crippen LogP contribution in [0.15, 0.2) is 35.2 Å². The number of nitrogens with zero attached hydrogens (tertiary/aromatic N) is 2. The van der Waals surface area contributed by atoms with E-state index in [-0.39, 0.29) is 21.9 Å². The van der Waals surface area contributed by atoms with Gasteiger partial charge in [0.1, 0.15) is 12.4 Å². The molecule has 0 spiro atoms. The molecule has 6 nitrogen and oxygen atoms in total. The van der Waals surface area contributed by atoms with E-state index in [1.807, 2.05) is 32.0 Å². The maximum Gasteiger partial charge on any atom is 0.294 e. The molecule has 2 aliphatic heterocycles. The van der Waals surface area contributed by atoms with Crippen LogP contribution in [0, 0.1) is 19.7 Å². The lowest BCUT2D eigenvalue weighted by Crippen LogP contribution is -2.48. The molecule has 4 rings (SSSR count). The van der Waals surface area contributed by atoms with Crippen molar-refractivity contribution >= 4 is 46.3 Å². The molecule has 1 N–H and O–H groups in total. The Morgan fingerprint density at radius 1 is 1.22 bits per heavy atom. The second-order valence-corrected chi connectivity index (χ2v) is 11.2. The Kier molecular flexibility index (Phi) is 7.01. The molecule has 3 amide bonds. The van der Waals surface area contributed by atoms with Gasteiger partial charge in [-0.15, -0.1) is 0 Å². The number of hydrogen-bond acceptors (Lipinski definition) is 5. The molecule has 0 saturated carbocycles. The number of rotatable bonds is 5. The third-order valence-electron chi connectivity index (χ3n) is 7.03. The van der Waals surface area contributed by atoms with Gasteiger partial charge in [0.2, 0.25) is 5.91 Å². The number of amides is 3. The lowest BCUT2D eigenvalue weighted by Gasteiger charge is -2.47. The molecular formula is C28H32FN3O3S. The summed E-state index contributed by atoms with van der Waals surface area (Å²) in [5, 5.41) is 2.25. The molecule has 1 atom stereocenters. The van der Waals surface area contributed by atoms with Crippen LogP contribution in [0.5, 0.6) is 0 Å². The van der Waals surface area contributed by atoms with E-state index in [4.69, 9.17) is 0 Å². The maximum atomic E-state index is 15.2. The number of hydrogen-bond donors (Lipinski definition) is 1. The normalized spacial score (nSPS) is 20.2. The molecule has 2 aromatic rings. The van der Waals surface area contributed by atoms with E-state index in [9.17, 15) is 14.4 Å². The van der Waals surface area contributed by atoms with Crippen molar-refractivity contribution in [3.05, 3.63) is 63.3 Å². The van der Waals surface area contributed by atoms with Crippen molar-refractivity contribution in [3.63, 3.8) is 0 Å². The molecule has 190 valence electrons. The van der Waals surface area contributed by atoms with Crippen LogP contribution in [0.2, 0.25) is 0 Å². The molecule has 1 saturated heterocycles. The van der Waals surface area contributed by atoms with Gasteiger partial charge < -0.3 is 10.2 Å². The fourth-order valence-corrected chi connectivity index (χ4v) is 6.17. The average Bonchev–Trinajstić information content (AvgIpc) is 3.04. The van der Waals surface area contributed by atoms with Gasteiger partial charge in [-0.05, 0) is 93.6 Å². The smallest absolute Gasteiger partial charge is 0.294 e. The molecule has 0 radical (unpaired) electrons. The molecule has 36 heavy (non-hydrogen) atoms. The Balaban J connectivity index is 1.57. The number of nitrogens with one attached hydrogen (secondary N) is 1. The summed E-state index contributed by atoms with van der Waals surface area (Å²) in [5.41, 5.74) is 4.51. The standard InChI is InChI=1S/C28H32FN3O3S/c1-7-32-22-13-21(29)19(11-20(22)18(4)14-28(32,5)6)12-23-26(34)31(27(35)36-23)15-24(33)30-25-16(2)9-8-10-17(25)3/h8-13,18H,7,14-15H2,1-6H3,(H,30,33)/b23-12+. The number of fused-ring (bicyclic) bond motifs is 1. The topological polar surface area (TPSA) is 69.7 Å². The zero-order valence-electron chi connectivity index (χ0n) is 21.6. The van der Waals surface area contributed by atoms with Crippen molar-refractivity contribution in [1.29, 1.82) is 0 Å². The number of benzene rings is 2. The van der Waals surface area contributed by atoms with E-state index in [0.29, 0.717) is 5.69 Å². The van der Waals surface area contributed by atoms with Gasteiger partial charge in [0, 0.05) is 29.0 Å². The maximum absolute atomic E-state index is 15.2. The van der Waals surface area contributed by atoms with Crippen LogP contribution >= 0.6 is 11.8 Å². The molecule has 2 heterocycles. The second kappa shape index (κ2) is 9.73. The summed E-state index contributed by atoms with van der Waals surface area (Å²) in [5.74, 6) is -1.29. The number of imide groups is 1. The van der Waals surface area contributed by atoms with Crippen LogP contribution < -0.4 is 10.2 Å². The molecule has 1 fully saturated rings. The van der Waals surface area contributed by atoms with Gasteiger partial charge in [-0.25, -0.2) is 4.39 Å². The zero-order chi connectivity index (χ0) is 26.4. The zero-order valence-corrected chi connectivity index (χ0v) is 22.4. The summed E-state index contributed by atoms with van der Waals surface area (Å²) in [7, 11) is 0. The van der Waals surface area contributed by atoms with Gasteiger partial charge in [-0.2, -0.15) is 0 Å². The van der Waals surface area contributed by atoms with Crippen molar-refractivity contribution in [2.45, 2.75) is 59.4 Å². The first-order valence-electron chi connectivity index (χ1n) is 12.2. The molecular weight excluding hydrogens is 477 g/mol. The molecule has 8 heteroatoms. The summed E-state index contributed by atoms with van der Waals surface area (Å²) in [6.45, 7) is 12.6. The highest BCUT2D eigenvalue weighted by atomic mass is 32.2. The highest BCUT2D eigenvalue weighted by molar-refractivity contribution is 8.18. The van der Waals surface area contributed by atoms with E-state index in [1.54, 1.807) is 6.07 Å². The van der Waals surface area contributed by atoms with Crippen molar-refractivity contribution in [1.82, 2.24) is 4.90 Å². The summed E-state index contributed by atoms with van der Waals surface area (Å²) >= 11 is 0.724. The van der Waals surface area contributed by atoms with E-state index in [1.165, 1.54) is 12.1 Å². The number of para-hydroxylation sites is 1. The molecule has 1 unspecified atom stereocenters. The van der Waals surface area contributed by atoms with E-state index in [0.717, 1.165) is 52.0 Å². The van der Waals surface area contributed by atoms with Crippen molar-refractivity contribution in [2.75, 3.05) is 23.3 Å². The number of carbonyl (C=O) groups is 3. The van der Waals surface area contributed by atoms with E-state index in [2.05, 4.69) is 37.9 Å². The van der Waals surface area contributed by atoms with Crippen LogP contribution in [0.25, 0.3) is 6.08 Å². The Hall–Kier alpha value is -3.13. The second-order valence-electron chi connectivity index (χ2n) is 10.2. The van der Waals surface area contributed by atoms with Crippen LogP contribution in [0.1, 0.15) is 62.3 Å². The summed E-state index contributed by atoms with van der Waals surface area (Å²) in [6, 6.07) is 8.96. The Bertz CT molecular complexity index is 1270. The third-order valence-corrected chi connectivity index (χ3v) is 7.94. The van der Waals surface area contributed by atoms with Crippen molar-refractivity contribution in [3.8, 4) is 0 Å². The van der Waals surface area contributed by atoms with Gasteiger partial charge in [0.05, 0.1) is 4.91 Å². The average molecular weight is 510 g/mol. The van der Waals surface area contributed by atoms with Crippen molar-refractivity contribution < 1.29 is 18.8 Å². The fourth-order valence-electron chi connectivity index (χ4n) is 5.34. The predicted molar refractivity (Wildman–Crippen MR) is 144 cm³/mol. The predicted octanol–water partition coefficient (Wildman–Crippen LogP) is 6.23. The number of carbonyl (C=O) groups excluding carboxylic acids is 3.